The second kappa shape index (κ2) is 7.51. The lowest BCUT2D eigenvalue weighted by Gasteiger charge is -2.33. The Kier molecular flexibility index (Phi) is 4.56. The summed E-state index contributed by atoms with van der Waals surface area (Å²) in [5.41, 5.74) is 5.43. The number of piperidine rings is 1. The minimum absolute atomic E-state index is 0.0821. The molecule has 1 saturated heterocycles. The maximum absolute atomic E-state index is 13.0. The standard InChI is InChI=1S/C24H22N4O/c29-24(18-9-13-26-14-10-18)28-15-3-4-19(16-28)23-22(17-7-11-25-12-8-17)20-5-1-2-6-21(20)27-23/h1-2,5-14,19,27H,3-4,15-16H2. The average molecular weight is 382 g/mol. The maximum atomic E-state index is 13.0. The lowest BCUT2D eigenvalue weighted by atomic mass is 9.89. The number of nitrogens with zero attached hydrogens (tertiary/aromatic N) is 3. The third-order valence-electron chi connectivity index (χ3n) is 5.75. The van der Waals surface area contributed by atoms with Gasteiger partial charge < -0.3 is 9.88 Å². The fraction of sp³-hybridized carbons (Fsp3) is 0.208. The van der Waals surface area contributed by atoms with E-state index in [1.807, 2.05) is 17.3 Å². The summed E-state index contributed by atoms with van der Waals surface area (Å²) in [6, 6.07) is 16.1. The van der Waals surface area contributed by atoms with Crippen LogP contribution in [0.5, 0.6) is 0 Å². The van der Waals surface area contributed by atoms with Crippen molar-refractivity contribution in [2.45, 2.75) is 18.8 Å². The Balaban J connectivity index is 1.53. The molecule has 4 heterocycles. The van der Waals surface area contributed by atoms with E-state index in [4.69, 9.17) is 0 Å². The Morgan fingerprint density at radius 3 is 2.48 bits per heavy atom. The first-order valence-electron chi connectivity index (χ1n) is 10.0. The number of H-pyrrole nitrogens is 1. The number of nitrogens with one attached hydrogen (secondary N) is 1. The third kappa shape index (κ3) is 3.29. The first kappa shape index (κ1) is 17.6. The molecule has 0 radical (unpaired) electrons. The molecule has 1 aliphatic rings. The van der Waals surface area contributed by atoms with Gasteiger partial charge in [-0.05, 0) is 48.7 Å². The number of aromatic amines is 1. The minimum atomic E-state index is 0.0821. The second-order valence-corrected chi connectivity index (χ2v) is 7.52. The fourth-order valence-corrected chi connectivity index (χ4v) is 4.37. The number of likely N-dealkylation sites (tertiary alicyclic amines) is 1. The van der Waals surface area contributed by atoms with Gasteiger partial charge in [-0.3, -0.25) is 14.8 Å². The highest BCUT2D eigenvalue weighted by atomic mass is 16.2. The van der Waals surface area contributed by atoms with E-state index in [-0.39, 0.29) is 11.8 Å². The zero-order valence-electron chi connectivity index (χ0n) is 16.1. The van der Waals surface area contributed by atoms with Crippen LogP contribution >= 0.6 is 0 Å². The van der Waals surface area contributed by atoms with E-state index in [1.54, 1.807) is 24.5 Å². The Morgan fingerprint density at radius 1 is 0.966 bits per heavy atom. The highest BCUT2D eigenvalue weighted by Gasteiger charge is 2.29. The van der Waals surface area contributed by atoms with Gasteiger partial charge >= 0.3 is 0 Å². The molecule has 1 unspecified atom stereocenters. The normalized spacial score (nSPS) is 16.8. The molecule has 1 aliphatic heterocycles. The van der Waals surface area contributed by atoms with Crippen LogP contribution in [-0.4, -0.2) is 38.8 Å². The molecule has 5 rings (SSSR count). The largest absolute Gasteiger partial charge is 0.358 e. The van der Waals surface area contributed by atoms with Gasteiger partial charge in [0.1, 0.15) is 0 Å². The van der Waals surface area contributed by atoms with Crippen molar-refractivity contribution in [1.29, 1.82) is 0 Å². The Hall–Kier alpha value is -3.47. The van der Waals surface area contributed by atoms with Crippen LogP contribution in [-0.2, 0) is 0 Å². The molecular formula is C24H22N4O. The van der Waals surface area contributed by atoms with Crippen molar-refractivity contribution >= 4 is 16.8 Å². The number of benzene rings is 1. The van der Waals surface area contributed by atoms with Gasteiger partial charge in [0, 0.05) is 71.5 Å². The number of aromatic nitrogens is 3. The van der Waals surface area contributed by atoms with Gasteiger partial charge in [0.05, 0.1) is 0 Å². The number of hydrogen-bond acceptors (Lipinski definition) is 3. The molecule has 1 atom stereocenters. The lowest BCUT2D eigenvalue weighted by Crippen LogP contribution is -2.39. The molecular weight excluding hydrogens is 360 g/mol. The molecule has 5 heteroatoms. The van der Waals surface area contributed by atoms with Crippen LogP contribution < -0.4 is 0 Å². The Bertz CT molecular complexity index is 1140. The van der Waals surface area contributed by atoms with Crippen LogP contribution in [0.1, 0.15) is 34.8 Å². The van der Waals surface area contributed by atoms with Crippen molar-refractivity contribution in [2.75, 3.05) is 13.1 Å². The highest BCUT2D eigenvalue weighted by Crippen LogP contribution is 2.39. The van der Waals surface area contributed by atoms with Crippen LogP contribution in [0.3, 0.4) is 0 Å². The van der Waals surface area contributed by atoms with E-state index in [1.165, 1.54) is 16.6 Å². The monoisotopic (exact) mass is 382 g/mol. The van der Waals surface area contributed by atoms with Gasteiger partial charge in [0.2, 0.25) is 0 Å². The molecule has 1 N–H and O–H groups in total. The molecule has 29 heavy (non-hydrogen) atoms. The minimum Gasteiger partial charge on any atom is -0.358 e. The molecule has 3 aromatic heterocycles. The number of amides is 1. The van der Waals surface area contributed by atoms with Gasteiger partial charge in [0.15, 0.2) is 0 Å². The van der Waals surface area contributed by atoms with Crippen LogP contribution in [0.15, 0.2) is 73.3 Å². The quantitative estimate of drug-likeness (QED) is 0.561. The molecule has 1 aromatic carbocycles. The molecule has 5 nitrogen and oxygen atoms in total. The average Bonchev–Trinajstić information content (AvgIpc) is 3.19. The topological polar surface area (TPSA) is 61.9 Å². The second-order valence-electron chi connectivity index (χ2n) is 7.52. The smallest absolute Gasteiger partial charge is 0.253 e. The lowest BCUT2D eigenvalue weighted by molar-refractivity contribution is 0.0706. The fourth-order valence-electron chi connectivity index (χ4n) is 4.37. The van der Waals surface area contributed by atoms with E-state index in [0.29, 0.717) is 12.1 Å². The van der Waals surface area contributed by atoms with Crippen molar-refractivity contribution in [1.82, 2.24) is 19.9 Å². The Labute approximate surface area is 169 Å². The van der Waals surface area contributed by atoms with Crippen molar-refractivity contribution in [2.24, 2.45) is 0 Å². The zero-order valence-corrected chi connectivity index (χ0v) is 16.1. The molecule has 144 valence electrons. The van der Waals surface area contributed by atoms with E-state index in [2.05, 4.69) is 51.4 Å². The van der Waals surface area contributed by atoms with E-state index in [9.17, 15) is 4.79 Å². The summed E-state index contributed by atoms with van der Waals surface area (Å²) in [4.78, 5) is 26.8. The van der Waals surface area contributed by atoms with Crippen molar-refractivity contribution in [3.05, 3.63) is 84.6 Å². The SMILES string of the molecule is O=C(c1ccncc1)N1CCCC(c2[nH]c3ccccc3c2-c2ccncc2)C1. The summed E-state index contributed by atoms with van der Waals surface area (Å²) in [6.07, 6.45) is 9.07. The number of carbonyl (C=O) groups excluding carboxylic acids is 1. The van der Waals surface area contributed by atoms with Gasteiger partial charge in [-0.1, -0.05) is 18.2 Å². The number of fused-ring (bicyclic) bond motifs is 1. The number of para-hydroxylation sites is 1. The molecule has 1 amide bonds. The van der Waals surface area contributed by atoms with Crippen LogP contribution in [0.2, 0.25) is 0 Å². The number of hydrogen-bond donors (Lipinski definition) is 1. The predicted octanol–water partition coefficient (Wildman–Crippen LogP) is 4.64. The number of rotatable bonds is 3. The van der Waals surface area contributed by atoms with Gasteiger partial charge in [-0.25, -0.2) is 0 Å². The van der Waals surface area contributed by atoms with Crippen LogP contribution in [0.25, 0.3) is 22.0 Å². The van der Waals surface area contributed by atoms with E-state index >= 15 is 0 Å². The molecule has 0 spiro atoms. The first-order valence-corrected chi connectivity index (χ1v) is 10.0. The third-order valence-corrected chi connectivity index (χ3v) is 5.75. The summed E-state index contributed by atoms with van der Waals surface area (Å²) < 4.78 is 0. The number of pyridine rings is 2. The number of carbonyl (C=O) groups is 1. The van der Waals surface area contributed by atoms with Crippen LogP contribution in [0.4, 0.5) is 0 Å². The predicted molar refractivity (Wildman–Crippen MR) is 114 cm³/mol. The van der Waals surface area contributed by atoms with Crippen molar-refractivity contribution in [3.63, 3.8) is 0 Å². The van der Waals surface area contributed by atoms with E-state index < -0.39 is 0 Å². The molecule has 4 aromatic rings. The first-order chi connectivity index (χ1) is 14.3. The summed E-state index contributed by atoms with van der Waals surface area (Å²) >= 11 is 0. The Morgan fingerprint density at radius 2 is 1.69 bits per heavy atom. The summed E-state index contributed by atoms with van der Waals surface area (Å²) in [5, 5.41) is 1.21. The van der Waals surface area contributed by atoms with Gasteiger partial charge in [-0.15, -0.1) is 0 Å². The van der Waals surface area contributed by atoms with Crippen LogP contribution in [0, 0.1) is 0 Å². The highest BCUT2D eigenvalue weighted by molar-refractivity contribution is 5.98. The molecule has 1 fully saturated rings. The molecule has 0 aliphatic carbocycles. The van der Waals surface area contributed by atoms with Crippen molar-refractivity contribution in [3.8, 4) is 11.1 Å². The van der Waals surface area contributed by atoms with Gasteiger partial charge in [0.25, 0.3) is 5.91 Å². The molecule has 0 bridgehead atoms. The maximum Gasteiger partial charge on any atom is 0.253 e. The summed E-state index contributed by atoms with van der Waals surface area (Å²) in [6.45, 7) is 1.51. The summed E-state index contributed by atoms with van der Waals surface area (Å²) in [7, 11) is 0. The zero-order chi connectivity index (χ0) is 19.6. The molecule has 0 saturated carbocycles. The van der Waals surface area contributed by atoms with E-state index in [0.717, 1.165) is 30.5 Å². The van der Waals surface area contributed by atoms with Crippen molar-refractivity contribution < 1.29 is 4.79 Å². The van der Waals surface area contributed by atoms with Gasteiger partial charge in [-0.2, -0.15) is 0 Å². The summed E-state index contributed by atoms with van der Waals surface area (Å²) in [5.74, 6) is 0.351.